The smallest absolute Gasteiger partial charge is 0.165 e. The van der Waals surface area contributed by atoms with E-state index in [-0.39, 0.29) is 17.6 Å². The molecular weight excluding hydrogens is 329 g/mol. The van der Waals surface area contributed by atoms with Gasteiger partial charge in [-0.2, -0.15) is 0 Å². The predicted molar refractivity (Wildman–Crippen MR) is 80.2 cm³/mol. The summed E-state index contributed by atoms with van der Waals surface area (Å²) < 4.78 is 19.6. The van der Waals surface area contributed by atoms with Gasteiger partial charge in [0.15, 0.2) is 11.6 Å². The Balaban J connectivity index is 1.99. The number of benzene rings is 1. The average molecular weight is 344 g/mol. The summed E-state index contributed by atoms with van der Waals surface area (Å²) in [4.78, 5) is 1.24. The Morgan fingerprint density at radius 2 is 2.21 bits per heavy atom. The maximum absolute atomic E-state index is 13.6. The van der Waals surface area contributed by atoms with E-state index in [0.717, 1.165) is 16.6 Å². The van der Waals surface area contributed by atoms with Crippen LogP contribution in [0, 0.1) is 5.82 Å². The third kappa shape index (κ3) is 3.78. The fourth-order valence-electron chi connectivity index (χ4n) is 1.77. The Morgan fingerprint density at radius 1 is 1.42 bits per heavy atom. The van der Waals surface area contributed by atoms with Gasteiger partial charge in [0.2, 0.25) is 0 Å². The summed E-state index contributed by atoms with van der Waals surface area (Å²) in [6, 6.07) is 7.22. The van der Waals surface area contributed by atoms with Crippen molar-refractivity contribution in [3.63, 3.8) is 0 Å². The van der Waals surface area contributed by atoms with Crippen LogP contribution in [0.5, 0.6) is 5.75 Å². The van der Waals surface area contributed by atoms with Crippen molar-refractivity contribution < 1.29 is 9.13 Å². The van der Waals surface area contributed by atoms with E-state index in [0.29, 0.717) is 0 Å². The molecule has 0 spiro atoms. The molecule has 1 N–H and O–H groups in total. The first kappa shape index (κ1) is 14.5. The van der Waals surface area contributed by atoms with Gasteiger partial charge < -0.3 is 10.1 Å². The first-order valence-electron chi connectivity index (χ1n) is 5.90. The highest BCUT2D eigenvalue weighted by atomic mass is 79.9. The van der Waals surface area contributed by atoms with E-state index in [4.69, 9.17) is 4.74 Å². The molecule has 0 fully saturated rings. The maximum atomic E-state index is 13.6. The molecule has 102 valence electrons. The largest absolute Gasteiger partial charge is 0.494 e. The van der Waals surface area contributed by atoms with Crippen molar-refractivity contribution in [2.45, 2.75) is 19.5 Å². The molecule has 0 saturated carbocycles. The predicted octanol–water partition coefficient (Wildman–Crippen LogP) is 4.51. The molecule has 0 aliphatic carbocycles. The lowest BCUT2D eigenvalue weighted by atomic mass is 10.1. The Morgan fingerprint density at radius 3 is 2.79 bits per heavy atom. The molecule has 0 radical (unpaired) electrons. The zero-order chi connectivity index (χ0) is 13.8. The first-order chi connectivity index (χ1) is 9.10. The van der Waals surface area contributed by atoms with Crippen LogP contribution in [0.15, 0.2) is 34.1 Å². The van der Waals surface area contributed by atoms with Gasteiger partial charge >= 0.3 is 0 Å². The zero-order valence-corrected chi connectivity index (χ0v) is 13.1. The van der Waals surface area contributed by atoms with Gasteiger partial charge in [-0.05, 0) is 46.6 Å². The lowest BCUT2D eigenvalue weighted by molar-refractivity contribution is 0.385. The quantitative estimate of drug-likeness (QED) is 0.862. The topological polar surface area (TPSA) is 21.3 Å². The lowest BCUT2D eigenvalue weighted by Crippen LogP contribution is -2.17. The van der Waals surface area contributed by atoms with Gasteiger partial charge in [0, 0.05) is 27.3 Å². The molecule has 0 bridgehead atoms. The Labute approximate surface area is 124 Å². The number of hydrogen-bond donors (Lipinski definition) is 1. The van der Waals surface area contributed by atoms with Gasteiger partial charge in [0.05, 0.1) is 7.11 Å². The molecule has 19 heavy (non-hydrogen) atoms. The van der Waals surface area contributed by atoms with E-state index in [1.54, 1.807) is 17.4 Å². The summed E-state index contributed by atoms with van der Waals surface area (Å²) >= 11 is 5.12. The van der Waals surface area contributed by atoms with E-state index in [2.05, 4.69) is 32.7 Å². The third-order valence-electron chi connectivity index (χ3n) is 2.88. The number of methoxy groups -OCH3 is 1. The van der Waals surface area contributed by atoms with Crippen molar-refractivity contribution in [3.05, 3.63) is 50.4 Å². The highest BCUT2D eigenvalue weighted by molar-refractivity contribution is 9.10. The van der Waals surface area contributed by atoms with Gasteiger partial charge in [-0.15, -0.1) is 11.3 Å². The Bertz CT molecular complexity index is 558. The molecule has 0 amide bonds. The van der Waals surface area contributed by atoms with Gasteiger partial charge in [-0.25, -0.2) is 4.39 Å². The molecule has 2 nitrogen and oxygen atoms in total. The molecule has 0 saturated heterocycles. The van der Waals surface area contributed by atoms with Crippen LogP contribution < -0.4 is 10.1 Å². The minimum absolute atomic E-state index is 0.0845. The minimum atomic E-state index is -0.326. The SMILES string of the molecule is COc1ccc(C(C)NCc2cc(Br)cs2)cc1F. The zero-order valence-electron chi connectivity index (χ0n) is 10.7. The van der Waals surface area contributed by atoms with Crippen LogP contribution in [-0.2, 0) is 6.54 Å². The first-order valence-corrected chi connectivity index (χ1v) is 7.57. The molecule has 1 unspecified atom stereocenters. The van der Waals surface area contributed by atoms with Gasteiger partial charge in [-0.3, -0.25) is 0 Å². The summed E-state index contributed by atoms with van der Waals surface area (Å²) in [5.74, 6) is -0.0503. The molecule has 2 rings (SSSR count). The number of hydrogen-bond acceptors (Lipinski definition) is 3. The van der Waals surface area contributed by atoms with Crippen molar-refractivity contribution in [2.75, 3.05) is 7.11 Å². The molecule has 0 aliphatic heterocycles. The Hall–Kier alpha value is -0.910. The molecule has 5 heteroatoms. The van der Waals surface area contributed by atoms with Crippen LogP contribution in [0.1, 0.15) is 23.4 Å². The van der Waals surface area contributed by atoms with Crippen LogP contribution in [0.3, 0.4) is 0 Å². The van der Waals surface area contributed by atoms with E-state index in [9.17, 15) is 4.39 Å². The Kier molecular flexibility index (Phi) is 4.96. The number of thiophene rings is 1. The second-order valence-corrected chi connectivity index (χ2v) is 6.14. The van der Waals surface area contributed by atoms with Crippen LogP contribution in [-0.4, -0.2) is 7.11 Å². The van der Waals surface area contributed by atoms with Crippen LogP contribution in [0.4, 0.5) is 4.39 Å². The van der Waals surface area contributed by atoms with Crippen LogP contribution in [0.25, 0.3) is 0 Å². The molecular formula is C14H15BrFNOS. The summed E-state index contributed by atoms with van der Waals surface area (Å²) in [6.45, 7) is 2.79. The average Bonchev–Trinajstić information content (AvgIpc) is 2.81. The minimum Gasteiger partial charge on any atom is -0.494 e. The highest BCUT2D eigenvalue weighted by Crippen LogP contribution is 2.23. The monoisotopic (exact) mass is 343 g/mol. The van der Waals surface area contributed by atoms with Gasteiger partial charge in [0.1, 0.15) is 0 Å². The van der Waals surface area contributed by atoms with Crippen molar-refractivity contribution in [2.24, 2.45) is 0 Å². The molecule has 0 aliphatic rings. The second-order valence-electron chi connectivity index (χ2n) is 4.23. The number of ether oxygens (including phenoxy) is 1. The highest BCUT2D eigenvalue weighted by Gasteiger charge is 2.09. The fourth-order valence-corrected chi connectivity index (χ4v) is 3.17. The van der Waals surface area contributed by atoms with Crippen LogP contribution in [0.2, 0.25) is 0 Å². The van der Waals surface area contributed by atoms with Gasteiger partial charge in [-0.1, -0.05) is 6.07 Å². The van der Waals surface area contributed by atoms with E-state index in [1.165, 1.54) is 18.1 Å². The van der Waals surface area contributed by atoms with E-state index >= 15 is 0 Å². The standard InChI is InChI=1S/C14H15BrFNOS/c1-9(17-7-12-6-11(15)8-19-12)10-3-4-14(18-2)13(16)5-10/h3-6,8-9,17H,7H2,1-2H3. The van der Waals surface area contributed by atoms with Gasteiger partial charge in [0.25, 0.3) is 0 Å². The number of halogens is 2. The molecule has 1 atom stereocenters. The third-order valence-corrected chi connectivity index (χ3v) is 4.58. The summed E-state index contributed by atoms with van der Waals surface area (Å²) in [5.41, 5.74) is 0.911. The van der Waals surface area contributed by atoms with Crippen molar-refractivity contribution in [1.29, 1.82) is 0 Å². The molecule has 1 heterocycles. The second kappa shape index (κ2) is 6.50. The lowest BCUT2D eigenvalue weighted by Gasteiger charge is -2.14. The summed E-state index contributed by atoms with van der Waals surface area (Å²) in [5, 5.41) is 5.43. The van der Waals surface area contributed by atoms with E-state index < -0.39 is 0 Å². The number of rotatable bonds is 5. The summed E-state index contributed by atoms with van der Waals surface area (Å²) in [6.07, 6.45) is 0. The van der Waals surface area contributed by atoms with E-state index in [1.807, 2.05) is 13.0 Å². The fraction of sp³-hybridized carbons (Fsp3) is 0.286. The molecule has 1 aromatic heterocycles. The maximum Gasteiger partial charge on any atom is 0.165 e. The van der Waals surface area contributed by atoms with Crippen molar-refractivity contribution in [3.8, 4) is 5.75 Å². The molecule has 2 aromatic rings. The van der Waals surface area contributed by atoms with Crippen molar-refractivity contribution >= 4 is 27.3 Å². The van der Waals surface area contributed by atoms with Crippen LogP contribution >= 0.6 is 27.3 Å². The normalized spacial score (nSPS) is 12.4. The number of nitrogens with one attached hydrogen (secondary N) is 1. The molecule has 1 aromatic carbocycles. The summed E-state index contributed by atoms with van der Waals surface area (Å²) in [7, 11) is 1.47. The van der Waals surface area contributed by atoms with Crippen molar-refractivity contribution in [1.82, 2.24) is 5.32 Å².